The molecule has 8 heteroatoms. The molecule has 1 saturated heterocycles. The van der Waals surface area contributed by atoms with Crippen LogP contribution in [-0.2, 0) is 4.79 Å². The highest BCUT2D eigenvalue weighted by molar-refractivity contribution is 6.35. The number of rotatable bonds is 4. The number of nitrogens with zero attached hydrogens (tertiary/aromatic N) is 5. The quantitative estimate of drug-likeness (QED) is 0.587. The van der Waals surface area contributed by atoms with Gasteiger partial charge in [0.2, 0.25) is 6.41 Å². The summed E-state index contributed by atoms with van der Waals surface area (Å²) in [6.07, 6.45) is 0.895. The number of halogens is 2. The molecular formula is C21H19Cl2N5O. The van der Waals surface area contributed by atoms with Crippen molar-refractivity contribution in [3.8, 4) is 6.07 Å². The second kappa shape index (κ2) is 7.94. The van der Waals surface area contributed by atoms with E-state index < -0.39 is 0 Å². The highest BCUT2D eigenvalue weighted by Crippen LogP contribution is 2.33. The molecule has 0 N–H and O–H groups in total. The number of carbonyl (C=O) groups excluding carboxylic acids is 1. The number of aromatic nitrogens is 2. The number of piperazine rings is 1. The predicted octanol–water partition coefficient (Wildman–Crippen LogP) is 4.10. The van der Waals surface area contributed by atoms with Crippen LogP contribution in [0.3, 0.4) is 0 Å². The van der Waals surface area contributed by atoms with E-state index in [1.165, 1.54) is 0 Å². The smallest absolute Gasteiger partial charge is 0.209 e. The summed E-state index contributed by atoms with van der Waals surface area (Å²) in [5.74, 6) is 0. The Morgan fingerprint density at radius 1 is 1.14 bits per heavy atom. The maximum absolute atomic E-state index is 11.0. The summed E-state index contributed by atoms with van der Waals surface area (Å²) in [4.78, 5) is 15.0. The Labute approximate surface area is 178 Å². The van der Waals surface area contributed by atoms with Crippen molar-refractivity contribution in [3.63, 3.8) is 0 Å². The molecule has 0 radical (unpaired) electrons. The molecule has 4 rings (SSSR count). The molecule has 1 amide bonds. The fraction of sp³-hybridized carbons (Fsp3) is 0.286. The minimum Gasteiger partial charge on any atom is -0.368 e. The van der Waals surface area contributed by atoms with Gasteiger partial charge in [-0.25, -0.2) is 0 Å². The van der Waals surface area contributed by atoms with Crippen LogP contribution in [0.1, 0.15) is 24.2 Å². The molecule has 1 aliphatic heterocycles. The zero-order chi connectivity index (χ0) is 20.5. The molecule has 2 heterocycles. The van der Waals surface area contributed by atoms with E-state index in [2.05, 4.69) is 22.1 Å². The van der Waals surface area contributed by atoms with Crippen molar-refractivity contribution in [2.24, 2.45) is 0 Å². The van der Waals surface area contributed by atoms with E-state index in [-0.39, 0.29) is 6.04 Å². The van der Waals surface area contributed by atoms with Gasteiger partial charge in [-0.3, -0.25) is 9.48 Å². The van der Waals surface area contributed by atoms with E-state index in [4.69, 9.17) is 23.2 Å². The van der Waals surface area contributed by atoms with Gasteiger partial charge in [-0.2, -0.15) is 10.4 Å². The third kappa shape index (κ3) is 3.64. The molecule has 2 aromatic carbocycles. The fourth-order valence-electron chi connectivity index (χ4n) is 3.76. The number of benzene rings is 2. The summed E-state index contributed by atoms with van der Waals surface area (Å²) >= 11 is 12.5. The molecule has 1 aromatic heterocycles. The summed E-state index contributed by atoms with van der Waals surface area (Å²) in [5.41, 5.74) is 3.18. The third-order valence-electron chi connectivity index (χ3n) is 5.40. The van der Waals surface area contributed by atoms with Gasteiger partial charge in [0.1, 0.15) is 6.07 Å². The Bertz CT molecular complexity index is 1110. The number of fused-ring (bicyclic) bond motifs is 1. The van der Waals surface area contributed by atoms with Crippen molar-refractivity contribution >= 4 is 46.2 Å². The summed E-state index contributed by atoms with van der Waals surface area (Å²) in [5, 5.41) is 16.0. The first-order chi connectivity index (χ1) is 14.0. The van der Waals surface area contributed by atoms with Crippen molar-refractivity contribution in [1.82, 2.24) is 14.7 Å². The molecule has 0 spiro atoms. The van der Waals surface area contributed by atoms with E-state index in [9.17, 15) is 10.1 Å². The average Bonchev–Trinajstić information content (AvgIpc) is 3.11. The van der Waals surface area contributed by atoms with Crippen LogP contribution in [0.25, 0.3) is 10.9 Å². The molecule has 1 unspecified atom stereocenters. The van der Waals surface area contributed by atoms with Crippen LogP contribution in [0.2, 0.25) is 10.0 Å². The Morgan fingerprint density at radius 2 is 1.90 bits per heavy atom. The van der Waals surface area contributed by atoms with Crippen molar-refractivity contribution in [2.45, 2.75) is 13.0 Å². The molecule has 148 valence electrons. The molecule has 6 nitrogen and oxygen atoms in total. The van der Waals surface area contributed by atoms with Gasteiger partial charge in [0.15, 0.2) is 5.69 Å². The second-order valence-electron chi connectivity index (χ2n) is 7.08. The summed E-state index contributed by atoms with van der Waals surface area (Å²) in [7, 11) is 0. The van der Waals surface area contributed by atoms with E-state index in [1.807, 2.05) is 29.8 Å². The molecule has 0 aliphatic carbocycles. The minimum atomic E-state index is -0.175. The first kappa shape index (κ1) is 19.6. The number of amides is 1. The molecule has 29 heavy (non-hydrogen) atoms. The van der Waals surface area contributed by atoms with Crippen molar-refractivity contribution in [3.05, 3.63) is 57.7 Å². The Hall–Kier alpha value is -2.75. The SMILES string of the molecule is CC(c1ccc(Cl)cc1Cl)n1nc(C#N)c2ccc(N3CCN(C=O)CC3)cc21. The van der Waals surface area contributed by atoms with Gasteiger partial charge in [-0.05, 0) is 42.8 Å². The van der Waals surface area contributed by atoms with E-state index in [0.29, 0.717) is 28.8 Å². The maximum atomic E-state index is 11.0. The highest BCUT2D eigenvalue weighted by Gasteiger charge is 2.21. The maximum Gasteiger partial charge on any atom is 0.209 e. The summed E-state index contributed by atoms with van der Waals surface area (Å²) in [6.45, 7) is 4.92. The number of hydrogen-bond donors (Lipinski definition) is 0. The zero-order valence-electron chi connectivity index (χ0n) is 15.8. The van der Waals surface area contributed by atoms with Crippen LogP contribution >= 0.6 is 23.2 Å². The summed E-state index contributed by atoms with van der Waals surface area (Å²) in [6, 6.07) is 13.4. The van der Waals surface area contributed by atoms with Crippen molar-refractivity contribution < 1.29 is 4.79 Å². The Balaban J connectivity index is 1.75. The van der Waals surface area contributed by atoms with Gasteiger partial charge in [-0.15, -0.1) is 0 Å². The fourth-order valence-corrected chi connectivity index (χ4v) is 4.32. The van der Waals surface area contributed by atoms with Gasteiger partial charge in [0, 0.05) is 47.3 Å². The van der Waals surface area contributed by atoms with Gasteiger partial charge in [0.25, 0.3) is 0 Å². The highest BCUT2D eigenvalue weighted by atomic mass is 35.5. The van der Waals surface area contributed by atoms with Crippen molar-refractivity contribution in [2.75, 3.05) is 31.1 Å². The predicted molar refractivity (Wildman–Crippen MR) is 115 cm³/mol. The molecule has 0 saturated carbocycles. The van der Waals surface area contributed by atoms with Crippen LogP contribution in [0, 0.1) is 11.3 Å². The van der Waals surface area contributed by atoms with Crippen LogP contribution < -0.4 is 4.90 Å². The van der Waals surface area contributed by atoms with Crippen LogP contribution in [0.4, 0.5) is 5.69 Å². The Kier molecular flexibility index (Phi) is 5.35. The van der Waals surface area contributed by atoms with Gasteiger partial charge < -0.3 is 9.80 Å². The number of anilines is 1. The lowest BCUT2D eigenvalue weighted by molar-refractivity contribution is -0.118. The van der Waals surface area contributed by atoms with Crippen LogP contribution in [0.15, 0.2) is 36.4 Å². The second-order valence-corrected chi connectivity index (χ2v) is 7.92. The molecule has 1 atom stereocenters. The average molecular weight is 428 g/mol. The minimum absolute atomic E-state index is 0.175. The first-order valence-corrected chi connectivity index (χ1v) is 10.1. The Morgan fingerprint density at radius 3 is 2.55 bits per heavy atom. The standard InChI is InChI=1S/C21H19Cl2N5O/c1-14(17-4-2-15(22)10-19(17)23)28-21-11-16(3-5-18(21)20(12-24)25-28)27-8-6-26(13-29)7-9-27/h2-5,10-11,13-14H,6-9H2,1H3. The van der Waals surface area contributed by atoms with E-state index in [1.54, 1.807) is 17.0 Å². The first-order valence-electron chi connectivity index (χ1n) is 9.33. The number of carbonyl (C=O) groups is 1. The summed E-state index contributed by atoms with van der Waals surface area (Å²) < 4.78 is 1.84. The monoisotopic (exact) mass is 427 g/mol. The lowest BCUT2D eigenvalue weighted by Crippen LogP contribution is -2.45. The van der Waals surface area contributed by atoms with Gasteiger partial charge >= 0.3 is 0 Å². The van der Waals surface area contributed by atoms with E-state index in [0.717, 1.165) is 41.7 Å². The molecule has 1 aliphatic rings. The van der Waals surface area contributed by atoms with Gasteiger partial charge in [0.05, 0.1) is 11.6 Å². The number of hydrogen-bond acceptors (Lipinski definition) is 4. The topological polar surface area (TPSA) is 65.2 Å². The lowest BCUT2D eigenvalue weighted by atomic mass is 10.1. The third-order valence-corrected chi connectivity index (χ3v) is 5.97. The van der Waals surface area contributed by atoms with Crippen LogP contribution in [-0.4, -0.2) is 47.3 Å². The van der Waals surface area contributed by atoms with Gasteiger partial charge in [-0.1, -0.05) is 29.3 Å². The largest absolute Gasteiger partial charge is 0.368 e. The molecule has 0 bridgehead atoms. The van der Waals surface area contributed by atoms with Crippen LogP contribution in [0.5, 0.6) is 0 Å². The normalized spacial score (nSPS) is 15.4. The van der Waals surface area contributed by atoms with E-state index >= 15 is 0 Å². The van der Waals surface area contributed by atoms with Crippen molar-refractivity contribution in [1.29, 1.82) is 5.26 Å². The molecular weight excluding hydrogens is 409 g/mol. The molecule has 1 fully saturated rings. The zero-order valence-corrected chi connectivity index (χ0v) is 17.4. The molecule has 3 aromatic rings. The lowest BCUT2D eigenvalue weighted by Gasteiger charge is -2.34. The number of nitriles is 1.